The second kappa shape index (κ2) is 13.4. The van der Waals surface area contributed by atoms with E-state index in [0.29, 0.717) is 23.6 Å². The SMILES string of the molecule is CC(C)(Oc1ccc(Cl)cc1)C(=O)NCCCCC(NS(=O)(=O)c1ccc(-c2ccc(Br)cc2)cc1)C(=O)O. The van der Waals surface area contributed by atoms with Crippen molar-refractivity contribution < 1.29 is 27.9 Å². The molecule has 0 aromatic heterocycles. The number of carbonyl (C=O) groups is 2. The van der Waals surface area contributed by atoms with Crippen molar-refractivity contribution in [3.05, 3.63) is 82.3 Å². The number of carbonyl (C=O) groups excluding carboxylic acids is 1. The number of hydrogen-bond donors (Lipinski definition) is 3. The van der Waals surface area contributed by atoms with Gasteiger partial charge in [0, 0.05) is 16.0 Å². The molecule has 0 radical (unpaired) electrons. The van der Waals surface area contributed by atoms with Crippen molar-refractivity contribution in [3.63, 3.8) is 0 Å². The monoisotopic (exact) mass is 636 g/mol. The van der Waals surface area contributed by atoms with E-state index >= 15 is 0 Å². The van der Waals surface area contributed by atoms with E-state index in [0.717, 1.165) is 15.6 Å². The Bertz CT molecular complexity index is 1380. The van der Waals surface area contributed by atoms with Gasteiger partial charge in [-0.05, 0) is 92.8 Å². The quantitative estimate of drug-likeness (QED) is 0.209. The number of benzene rings is 3. The smallest absolute Gasteiger partial charge is 0.321 e. The predicted octanol–water partition coefficient (Wildman–Crippen LogP) is 5.65. The lowest BCUT2D eigenvalue weighted by atomic mass is 10.1. The molecule has 39 heavy (non-hydrogen) atoms. The number of hydrogen-bond acceptors (Lipinski definition) is 5. The summed E-state index contributed by atoms with van der Waals surface area (Å²) < 4.78 is 34.6. The minimum atomic E-state index is -4.05. The van der Waals surface area contributed by atoms with Crippen molar-refractivity contribution in [2.45, 2.75) is 49.6 Å². The van der Waals surface area contributed by atoms with Crippen LogP contribution in [0.3, 0.4) is 0 Å². The van der Waals surface area contributed by atoms with E-state index in [1.54, 1.807) is 50.2 Å². The topological polar surface area (TPSA) is 122 Å². The predicted molar refractivity (Wildman–Crippen MR) is 154 cm³/mol. The Labute approximate surface area is 241 Å². The zero-order valence-electron chi connectivity index (χ0n) is 21.5. The number of sulfonamides is 1. The highest BCUT2D eigenvalue weighted by molar-refractivity contribution is 9.10. The Morgan fingerprint density at radius 1 is 0.949 bits per heavy atom. The first-order valence-corrected chi connectivity index (χ1v) is 14.9. The largest absolute Gasteiger partial charge is 0.480 e. The number of ether oxygens (including phenoxy) is 1. The highest BCUT2D eigenvalue weighted by Gasteiger charge is 2.30. The molecule has 0 spiro atoms. The molecule has 1 amide bonds. The van der Waals surface area contributed by atoms with Gasteiger partial charge in [-0.15, -0.1) is 0 Å². The molecule has 0 aliphatic rings. The van der Waals surface area contributed by atoms with Crippen molar-refractivity contribution >= 4 is 49.4 Å². The van der Waals surface area contributed by atoms with Crippen LogP contribution in [-0.4, -0.2) is 43.6 Å². The first-order chi connectivity index (χ1) is 18.4. The lowest BCUT2D eigenvalue weighted by Crippen LogP contribution is -2.46. The molecule has 3 N–H and O–H groups in total. The molecular weight excluding hydrogens is 608 g/mol. The third kappa shape index (κ3) is 9.06. The van der Waals surface area contributed by atoms with Crippen LogP contribution in [0, 0.1) is 0 Å². The highest BCUT2D eigenvalue weighted by Crippen LogP contribution is 2.24. The summed E-state index contributed by atoms with van der Waals surface area (Å²) in [4.78, 5) is 24.3. The molecule has 0 saturated carbocycles. The Hall–Kier alpha value is -2.92. The Morgan fingerprint density at radius 3 is 2.08 bits per heavy atom. The maximum absolute atomic E-state index is 12.8. The van der Waals surface area contributed by atoms with E-state index in [1.807, 2.05) is 24.3 Å². The van der Waals surface area contributed by atoms with Gasteiger partial charge in [0.1, 0.15) is 11.8 Å². The number of rotatable bonds is 13. The number of unbranched alkanes of at least 4 members (excludes halogenated alkanes) is 1. The van der Waals surface area contributed by atoms with Crippen molar-refractivity contribution in [2.75, 3.05) is 6.54 Å². The first kappa shape index (κ1) is 30.6. The van der Waals surface area contributed by atoms with E-state index in [2.05, 4.69) is 26.0 Å². The van der Waals surface area contributed by atoms with Gasteiger partial charge in [-0.2, -0.15) is 4.72 Å². The maximum atomic E-state index is 12.8. The number of amides is 1. The van der Waals surface area contributed by atoms with Gasteiger partial charge >= 0.3 is 5.97 Å². The van der Waals surface area contributed by atoms with Crippen LogP contribution < -0.4 is 14.8 Å². The highest BCUT2D eigenvalue weighted by atomic mass is 79.9. The summed E-state index contributed by atoms with van der Waals surface area (Å²) in [5.74, 6) is -1.11. The molecule has 3 aromatic carbocycles. The normalized spacial score (nSPS) is 12.5. The molecule has 0 saturated heterocycles. The van der Waals surface area contributed by atoms with E-state index in [4.69, 9.17) is 16.3 Å². The molecule has 8 nitrogen and oxygen atoms in total. The Balaban J connectivity index is 1.49. The molecule has 0 aliphatic carbocycles. The van der Waals surface area contributed by atoms with Gasteiger partial charge < -0.3 is 15.2 Å². The molecule has 11 heteroatoms. The second-order valence-electron chi connectivity index (χ2n) is 9.36. The number of carboxylic acid groups (broad SMARTS) is 1. The fraction of sp³-hybridized carbons (Fsp3) is 0.286. The summed E-state index contributed by atoms with van der Waals surface area (Å²) in [5.41, 5.74) is 0.616. The molecule has 0 aliphatic heterocycles. The molecule has 1 atom stereocenters. The maximum Gasteiger partial charge on any atom is 0.321 e. The minimum absolute atomic E-state index is 0.0233. The van der Waals surface area contributed by atoms with Crippen LogP contribution in [0.2, 0.25) is 5.02 Å². The summed E-state index contributed by atoms with van der Waals surface area (Å²) in [7, 11) is -4.05. The molecule has 0 heterocycles. The van der Waals surface area contributed by atoms with Gasteiger partial charge in [0.2, 0.25) is 10.0 Å². The Morgan fingerprint density at radius 2 is 1.51 bits per heavy atom. The van der Waals surface area contributed by atoms with Gasteiger partial charge in [0.05, 0.1) is 4.90 Å². The van der Waals surface area contributed by atoms with Gasteiger partial charge in [-0.1, -0.05) is 51.8 Å². The standard InChI is InChI=1S/C28H30BrClN2O6S/c1-28(2,38-23-14-12-22(30)13-15-23)27(35)31-18-4-3-5-25(26(33)34)32-39(36,37)24-16-8-20(9-17-24)19-6-10-21(29)11-7-19/h6-17,25,32H,3-5,18H2,1-2H3,(H,31,35)(H,33,34). The average Bonchev–Trinajstić information content (AvgIpc) is 2.89. The van der Waals surface area contributed by atoms with E-state index < -0.39 is 27.6 Å². The van der Waals surface area contributed by atoms with E-state index in [-0.39, 0.29) is 23.8 Å². The van der Waals surface area contributed by atoms with Crippen molar-refractivity contribution in [1.82, 2.24) is 10.0 Å². The van der Waals surface area contributed by atoms with E-state index in [1.165, 1.54) is 12.1 Å². The molecule has 208 valence electrons. The van der Waals surface area contributed by atoms with Gasteiger partial charge in [-0.25, -0.2) is 8.42 Å². The first-order valence-electron chi connectivity index (χ1n) is 12.2. The Kier molecular flexibility index (Phi) is 10.5. The number of aliphatic carboxylic acids is 1. The lowest BCUT2D eigenvalue weighted by Gasteiger charge is -2.25. The molecular formula is C28H30BrClN2O6S. The third-order valence-corrected chi connectivity index (χ3v) is 8.14. The zero-order valence-corrected chi connectivity index (χ0v) is 24.6. The summed E-state index contributed by atoms with van der Waals surface area (Å²) in [6, 6.07) is 19.2. The summed E-state index contributed by atoms with van der Waals surface area (Å²) >= 11 is 9.25. The lowest BCUT2D eigenvalue weighted by molar-refractivity contribution is -0.139. The summed E-state index contributed by atoms with van der Waals surface area (Å²) in [6.07, 6.45) is 0.892. The van der Waals surface area contributed by atoms with Crippen molar-refractivity contribution in [3.8, 4) is 16.9 Å². The molecule has 0 bridgehead atoms. The van der Waals surface area contributed by atoms with Crippen LogP contribution in [0.5, 0.6) is 5.75 Å². The average molecular weight is 638 g/mol. The number of carboxylic acids is 1. The van der Waals surface area contributed by atoms with Crippen LogP contribution in [0.15, 0.2) is 82.2 Å². The van der Waals surface area contributed by atoms with Crippen LogP contribution >= 0.6 is 27.5 Å². The van der Waals surface area contributed by atoms with Crippen LogP contribution in [0.4, 0.5) is 0 Å². The number of halogens is 2. The summed E-state index contributed by atoms with van der Waals surface area (Å²) in [5, 5.41) is 12.9. The second-order valence-corrected chi connectivity index (χ2v) is 12.4. The van der Waals surface area contributed by atoms with E-state index in [9.17, 15) is 23.1 Å². The number of nitrogens with one attached hydrogen (secondary N) is 2. The fourth-order valence-corrected chi connectivity index (χ4v) is 5.30. The third-order valence-electron chi connectivity index (χ3n) is 5.88. The molecule has 1 unspecified atom stereocenters. The van der Waals surface area contributed by atoms with Gasteiger partial charge in [0.25, 0.3) is 5.91 Å². The minimum Gasteiger partial charge on any atom is -0.480 e. The van der Waals surface area contributed by atoms with Crippen LogP contribution in [0.1, 0.15) is 33.1 Å². The molecule has 3 rings (SSSR count). The van der Waals surface area contributed by atoms with Gasteiger partial charge in [-0.3, -0.25) is 9.59 Å². The molecule has 0 fully saturated rings. The molecule has 3 aromatic rings. The van der Waals surface area contributed by atoms with Crippen molar-refractivity contribution in [1.29, 1.82) is 0 Å². The summed E-state index contributed by atoms with van der Waals surface area (Å²) in [6.45, 7) is 3.55. The zero-order chi connectivity index (χ0) is 28.6. The van der Waals surface area contributed by atoms with Crippen molar-refractivity contribution in [2.24, 2.45) is 0 Å². The van der Waals surface area contributed by atoms with Gasteiger partial charge in [0.15, 0.2) is 5.60 Å². The fourth-order valence-electron chi connectivity index (χ4n) is 3.69. The van der Waals surface area contributed by atoms with Crippen LogP contribution in [0.25, 0.3) is 11.1 Å². The van der Waals surface area contributed by atoms with Crippen LogP contribution in [-0.2, 0) is 19.6 Å².